The van der Waals surface area contributed by atoms with Crippen molar-refractivity contribution in [3.63, 3.8) is 0 Å². The fourth-order valence-corrected chi connectivity index (χ4v) is 3.60. The van der Waals surface area contributed by atoms with E-state index in [0.717, 1.165) is 18.4 Å². The second-order valence-electron chi connectivity index (χ2n) is 7.89. The molecule has 0 bridgehead atoms. The lowest BCUT2D eigenvalue weighted by molar-refractivity contribution is -0.122. The maximum absolute atomic E-state index is 13.1. The van der Waals surface area contributed by atoms with E-state index in [1.54, 1.807) is 41.3 Å². The van der Waals surface area contributed by atoms with E-state index in [-0.39, 0.29) is 11.7 Å². The molecular formula is C26H27ClN2O2. The highest BCUT2D eigenvalue weighted by Gasteiger charge is 2.27. The number of allylic oxidation sites excluding steroid dienone is 3. The van der Waals surface area contributed by atoms with Crippen LogP contribution in [0.4, 0.5) is 0 Å². The van der Waals surface area contributed by atoms with Gasteiger partial charge in [-0.3, -0.25) is 19.5 Å². The van der Waals surface area contributed by atoms with Crippen LogP contribution >= 0.6 is 11.6 Å². The van der Waals surface area contributed by atoms with Gasteiger partial charge in [-0.25, -0.2) is 0 Å². The van der Waals surface area contributed by atoms with Crippen molar-refractivity contribution in [3.05, 3.63) is 93.5 Å². The number of ketones is 1. The average Bonchev–Trinajstić information content (AvgIpc) is 3.23. The molecule has 5 heteroatoms. The average molecular weight is 435 g/mol. The van der Waals surface area contributed by atoms with E-state index >= 15 is 0 Å². The Kier molecular flexibility index (Phi) is 7.59. The van der Waals surface area contributed by atoms with Gasteiger partial charge in [-0.2, -0.15) is 0 Å². The summed E-state index contributed by atoms with van der Waals surface area (Å²) in [7, 11) is 0. The van der Waals surface area contributed by atoms with E-state index in [1.807, 2.05) is 25.1 Å². The van der Waals surface area contributed by atoms with Crippen molar-refractivity contribution in [1.29, 1.82) is 0 Å². The molecule has 0 spiro atoms. The fourth-order valence-electron chi connectivity index (χ4n) is 3.47. The molecule has 0 aromatic heterocycles. The summed E-state index contributed by atoms with van der Waals surface area (Å²) < 4.78 is 0. The predicted molar refractivity (Wildman–Crippen MR) is 127 cm³/mol. The molecule has 0 fully saturated rings. The van der Waals surface area contributed by atoms with Crippen LogP contribution in [0.1, 0.15) is 55.1 Å². The SMILES string of the molecule is CC(C)=CCC/C(C)=C/C(=O)N1CCN=C1c1ccccc1C(=O)c1ccc(Cl)cc1. The standard InChI is InChI=1S/C26H27ClN2O2/c1-18(2)7-6-8-19(3)17-24(30)29-16-15-28-26(29)23-10-5-4-9-22(23)25(31)20-11-13-21(27)14-12-20/h4-5,7,9-14,17H,6,8,15-16H2,1-3H3/b19-17+. The lowest BCUT2D eigenvalue weighted by Gasteiger charge is -2.19. The highest BCUT2D eigenvalue weighted by molar-refractivity contribution is 6.30. The van der Waals surface area contributed by atoms with Crippen molar-refractivity contribution >= 4 is 29.1 Å². The summed E-state index contributed by atoms with van der Waals surface area (Å²) in [5.74, 6) is 0.332. The number of halogens is 1. The summed E-state index contributed by atoms with van der Waals surface area (Å²) in [4.78, 5) is 32.3. The zero-order valence-corrected chi connectivity index (χ0v) is 18.9. The number of amidine groups is 1. The van der Waals surface area contributed by atoms with E-state index < -0.39 is 0 Å². The summed E-state index contributed by atoms with van der Waals surface area (Å²) in [6, 6.07) is 14.1. The van der Waals surface area contributed by atoms with Gasteiger partial charge < -0.3 is 0 Å². The molecule has 2 aromatic carbocycles. The lowest BCUT2D eigenvalue weighted by Crippen LogP contribution is -2.34. The van der Waals surface area contributed by atoms with Crippen molar-refractivity contribution in [2.24, 2.45) is 4.99 Å². The van der Waals surface area contributed by atoms with Crippen LogP contribution in [0, 0.1) is 0 Å². The maximum Gasteiger partial charge on any atom is 0.252 e. The first kappa shape index (κ1) is 22.7. The fraction of sp³-hybridized carbons (Fsp3) is 0.269. The number of carbonyl (C=O) groups is 2. The molecule has 1 aliphatic rings. The first-order chi connectivity index (χ1) is 14.9. The molecule has 1 amide bonds. The number of aliphatic imine (C=N–C) groups is 1. The minimum atomic E-state index is -0.122. The van der Waals surface area contributed by atoms with E-state index in [0.29, 0.717) is 40.6 Å². The summed E-state index contributed by atoms with van der Waals surface area (Å²) in [5.41, 5.74) is 4.04. The molecule has 0 N–H and O–H groups in total. The monoisotopic (exact) mass is 434 g/mol. The van der Waals surface area contributed by atoms with Crippen LogP contribution in [0.3, 0.4) is 0 Å². The van der Waals surface area contributed by atoms with Gasteiger partial charge in [-0.15, -0.1) is 0 Å². The van der Waals surface area contributed by atoms with E-state index in [2.05, 4.69) is 24.9 Å². The Bertz CT molecular complexity index is 1060. The lowest BCUT2D eigenvalue weighted by atomic mass is 9.97. The van der Waals surface area contributed by atoms with Gasteiger partial charge in [-0.1, -0.05) is 53.1 Å². The van der Waals surface area contributed by atoms with E-state index in [1.165, 1.54) is 5.57 Å². The molecule has 160 valence electrons. The topological polar surface area (TPSA) is 49.7 Å². The highest BCUT2D eigenvalue weighted by atomic mass is 35.5. The molecule has 31 heavy (non-hydrogen) atoms. The Morgan fingerprint density at radius 3 is 2.48 bits per heavy atom. The van der Waals surface area contributed by atoms with Gasteiger partial charge in [0.2, 0.25) is 0 Å². The quantitative estimate of drug-likeness (QED) is 0.311. The Balaban J connectivity index is 1.84. The van der Waals surface area contributed by atoms with Crippen LogP contribution in [0.5, 0.6) is 0 Å². The minimum absolute atomic E-state index is 0.0975. The van der Waals surface area contributed by atoms with Crippen molar-refractivity contribution in [3.8, 4) is 0 Å². The second kappa shape index (κ2) is 10.4. The zero-order valence-electron chi connectivity index (χ0n) is 18.2. The van der Waals surface area contributed by atoms with Gasteiger partial charge >= 0.3 is 0 Å². The number of carbonyl (C=O) groups excluding carboxylic acids is 2. The number of hydrogen-bond acceptors (Lipinski definition) is 3. The smallest absolute Gasteiger partial charge is 0.252 e. The Labute approximate surface area is 188 Å². The van der Waals surface area contributed by atoms with Crippen molar-refractivity contribution in [2.75, 3.05) is 13.1 Å². The molecule has 0 aliphatic carbocycles. The third kappa shape index (κ3) is 5.80. The van der Waals surface area contributed by atoms with Gasteiger partial charge in [0, 0.05) is 34.3 Å². The van der Waals surface area contributed by atoms with Gasteiger partial charge in [0.05, 0.1) is 6.54 Å². The van der Waals surface area contributed by atoms with Crippen molar-refractivity contribution in [1.82, 2.24) is 4.90 Å². The van der Waals surface area contributed by atoms with Crippen LogP contribution in [-0.2, 0) is 4.79 Å². The number of benzene rings is 2. The predicted octanol–water partition coefficient (Wildman–Crippen LogP) is 5.85. The molecule has 3 rings (SSSR count). The zero-order chi connectivity index (χ0) is 22.4. The second-order valence-corrected chi connectivity index (χ2v) is 8.32. The molecule has 4 nitrogen and oxygen atoms in total. The molecule has 0 saturated carbocycles. The summed E-state index contributed by atoms with van der Waals surface area (Å²) in [5, 5.41) is 0.577. The number of rotatable bonds is 7. The molecular weight excluding hydrogens is 408 g/mol. The van der Waals surface area contributed by atoms with Crippen LogP contribution in [0.2, 0.25) is 5.02 Å². The van der Waals surface area contributed by atoms with E-state index in [4.69, 9.17) is 11.6 Å². The summed E-state index contributed by atoms with van der Waals surface area (Å²) in [6.45, 7) is 7.14. The number of nitrogens with zero attached hydrogens (tertiary/aromatic N) is 2. The molecule has 0 saturated heterocycles. The first-order valence-corrected chi connectivity index (χ1v) is 10.8. The number of hydrogen-bond donors (Lipinski definition) is 0. The largest absolute Gasteiger partial charge is 0.291 e. The van der Waals surface area contributed by atoms with Gasteiger partial charge in [-0.05, 0) is 57.9 Å². The van der Waals surface area contributed by atoms with Crippen LogP contribution in [-0.4, -0.2) is 35.5 Å². The van der Waals surface area contributed by atoms with Crippen LogP contribution < -0.4 is 0 Å². The summed E-state index contributed by atoms with van der Waals surface area (Å²) >= 11 is 5.96. The molecule has 0 radical (unpaired) electrons. The molecule has 0 atom stereocenters. The molecule has 2 aromatic rings. The van der Waals surface area contributed by atoms with Gasteiger partial charge in [0.1, 0.15) is 5.84 Å². The third-order valence-electron chi connectivity index (χ3n) is 5.09. The molecule has 1 heterocycles. The van der Waals surface area contributed by atoms with Crippen LogP contribution in [0.25, 0.3) is 0 Å². The van der Waals surface area contributed by atoms with Crippen LogP contribution in [0.15, 0.2) is 76.8 Å². The maximum atomic E-state index is 13.1. The van der Waals surface area contributed by atoms with Crippen molar-refractivity contribution < 1.29 is 9.59 Å². The number of amides is 1. The highest BCUT2D eigenvalue weighted by Crippen LogP contribution is 2.21. The minimum Gasteiger partial charge on any atom is -0.291 e. The Hall–Kier alpha value is -2.98. The van der Waals surface area contributed by atoms with Gasteiger partial charge in [0.25, 0.3) is 5.91 Å². The van der Waals surface area contributed by atoms with E-state index in [9.17, 15) is 9.59 Å². The Morgan fingerprint density at radius 1 is 1.06 bits per heavy atom. The first-order valence-electron chi connectivity index (χ1n) is 10.4. The Morgan fingerprint density at radius 2 is 1.77 bits per heavy atom. The summed E-state index contributed by atoms with van der Waals surface area (Å²) in [6.07, 6.45) is 5.60. The molecule has 0 unspecified atom stereocenters. The molecule has 1 aliphatic heterocycles. The normalized spacial score (nSPS) is 13.7. The van der Waals surface area contributed by atoms with Crippen molar-refractivity contribution in [2.45, 2.75) is 33.6 Å². The van der Waals surface area contributed by atoms with Gasteiger partial charge in [0.15, 0.2) is 5.78 Å². The third-order valence-corrected chi connectivity index (χ3v) is 5.34.